The SMILES string of the molecule is Cc1ccc(NC(=O)C2CC2)cc1NC(=O)NC(C)(C)c1ccc(Cl)c(Cl)c1. The number of hydrogen-bond donors (Lipinski definition) is 3. The highest BCUT2D eigenvalue weighted by Gasteiger charge is 2.29. The van der Waals surface area contributed by atoms with Crippen LogP contribution in [0.3, 0.4) is 0 Å². The topological polar surface area (TPSA) is 70.2 Å². The number of urea groups is 1. The van der Waals surface area contributed by atoms with Gasteiger partial charge in [-0.1, -0.05) is 35.3 Å². The smallest absolute Gasteiger partial charge is 0.319 e. The van der Waals surface area contributed by atoms with Gasteiger partial charge < -0.3 is 16.0 Å². The molecule has 3 amide bonds. The predicted octanol–water partition coefficient (Wildman–Crippen LogP) is 5.71. The van der Waals surface area contributed by atoms with Crippen LogP contribution in [0.5, 0.6) is 0 Å². The number of carbonyl (C=O) groups is 2. The summed E-state index contributed by atoms with van der Waals surface area (Å²) in [6.45, 7) is 5.66. The Balaban J connectivity index is 1.69. The number of nitrogens with one attached hydrogen (secondary N) is 3. The van der Waals surface area contributed by atoms with E-state index in [4.69, 9.17) is 23.2 Å². The van der Waals surface area contributed by atoms with E-state index < -0.39 is 5.54 Å². The average Bonchev–Trinajstić information content (AvgIpc) is 3.44. The van der Waals surface area contributed by atoms with Crippen LogP contribution in [0.4, 0.5) is 16.2 Å². The Labute approximate surface area is 174 Å². The van der Waals surface area contributed by atoms with Gasteiger partial charge in [-0.3, -0.25) is 4.79 Å². The summed E-state index contributed by atoms with van der Waals surface area (Å²) >= 11 is 12.1. The molecule has 1 fully saturated rings. The first kappa shape index (κ1) is 20.5. The Morgan fingerprint density at radius 3 is 2.36 bits per heavy atom. The van der Waals surface area contributed by atoms with Gasteiger partial charge in [0, 0.05) is 17.3 Å². The molecular weight excluding hydrogens is 397 g/mol. The van der Waals surface area contributed by atoms with Crippen molar-refractivity contribution in [2.45, 2.75) is 39.2 Å². The summed E-state index contributed by atoms with van der Waals surface area (Å²) in [5.74, 6) is 0.146. The fourth-order valence-corrected chi connectivity index (χ4v) is 3.12. The van der Waals surface area contributed by atoms with Crippen LogP contribution in [-0.4, -0.2) is 11.9 Å². The Kier molecular flexibility index (Phi) is 5.87. The highest BCUT2D eigenvalue weighted by Crippen LogP contribution is 2.31. The standard InChI is InChI=1S/C21H23Cl2N3O2/c1-12-4-8-15(24-19(27)13-5-6-13)11-18(12)25-20(28)26-21(2,3)14-7-9-16(22)17(23)10-14/h4,7-11,13H,5-6H2,1-3H3,(H,24,27)(H2,25,26,28). The Hall–Kier alpha value is -2.24. The molecule has 1 saturated carbocycles. The van der Waals surface area contributed by atoms with E-state index in [0.29, 0.717) is 21.4 Å². The van der Waals surface area contributed by atoms with Crippen LogP contribution in [-0.2, 0) is 10.3 Å². The maximum absolute atomic E-state index is 12.6. The second-order valence-corrected chi connectivity index (χ2v) is 8.44. The van der Waals surface area contributed by atoms with Gasteiger partial charge in [-0.05, 0) is 69.0 Å². The van der Waals surface area contributed by atoms with Crippen molar-refractivity contribution in [1.82, 2.24) is 5.32 Å². The van der Waals surface area contributed by atoms with Gasteiger partial charge in [-0.2, -0.15) is 0 Å². The van der Waals surface area contributed by atoms with Crippen molar-refractivity contribution < 1.29 is 9.59 Å². The van der Waals surface area contributed by atoms with Crippen molar-refractivity contribution in [3.05, 3.63) is 57.6 Å². The first-order chi connectivity index (χ1) is 13.2. The van der Waals surface area contributed by atoms with E-state index in [1.165, 1.54) is 0 Å². The molecule has 0 unspecified atom stereocenters. The minimum atomic E-state index is -0.663. The van der Waals surface area contributed by atoms with E-state index in [1.54, 1.807) is 18.2 Å². The van der Waals surface area contributed by atoms with Gasteiger partial charge >= 0.3 is 6.03 Å². The molecule has 28 heavy (non-hydrogen) atoms. The highest BCUT2D eigenvalue weighted by molar-refractivity contribution is 6.42. The lowest BCUT2D eigenvalue weighted by Crippen LogP contribution is -2.43. The van der Waals surface area contributed by atoms with E-state index in [9.17, 15) is 9.59 Å². The maximum Gasteiger partial charge on any atom is 0.319 e. The number of benzene rings is 2. The van der Waals surface area contributed by atoms with Gasteiger partial charge in [0.2, 0.25) is 5.91 Å². The summed E-state index contributed by atoms with van der Waals surface area (Å²) in [7, 11) is 0. The van der Waals surface area contributed by atoms with Gasteiger partial charge in [-0.15, -0.1) is 0 Å². The molecule has 0 aromatic heterocycles. The molecule has 2 aromatic carbocycles. The predicted molar refractivity (Wildman–Crippen MR) is 114 cm³/mol. The highest BCUT2D eigenvalue weighted by atomic mass is 35.5. The van der Waals surface area contributed by atoms with Crippen LogP contribution >= 0.6 is 23.2 Å². The molecule has 3 rings (SSSR count). The first-order valence-corrected chi connectivity index (χ1v) is 9.87. The molecule has 3 N–H and O–H groups in total. The second kappa shape index (κ2) is 8.02. The van der Waals surface area contributed by atoms with Crippen LogP contribution < -0.4 is 16.0 Å². The second-order valence-electron chi connectivity index (χ2n) is 7.63. The summed E-state index contributed by atoms with van der Waals surface area (Å²) < 4.78 is 0. The van der Waals surface area contributed by atoms with Gasteiger partial charge in [-0.25, -0.2) is 4.79 Å². The summed E-state index contributed by atoms with van der Waals surface area (Å²) in [6, 6.07) is 10.4. The average molecular weight is 420 g/mol. The van der Waals surface area contributed by atoms with Crippen LogP contribution in [0, 0.1) is 12.8 Å². The normalized spacial score (nSPS) is 13.8. The molecule has 1 aliphatic rings. The third-order valence-electron chi connectivity index (χ3n) is 4.77. The molecule has 0 aliphatic heterocycles. The number of aryl methyl sites for hydroxylation is 1. The molecule has 148 valence electrons. The van der Waals surface area contributed by atoms with E-state index in [0.717, 1.165) is 24.0 Å². The van der Waals surface area contributed by atoms with Gasteiger partial charge in [0.05, 0.1) is 15.6 Å². The van der Waals surface area contributed by atoms with Gasteiger partial charge in [0.25, 0.3) is 0 Å². The van der Waals surface area contributed by atoms with Crippen molar-refractivity contribution in [2.24, 2.45) is 5.92 Å². The lowest BCUT2D eigenvalue weighted by atomic mass is 9.94. The fraction of sp³-hybridized carbons (Fsp3) is 0.333. The molecule has 0 spiro atoms. The molecule has 0 heterocycles. The molecular formula is C21H23Cl2N3O2. The summed E-state index contributed by atoms with van der Waals surface area (Å²) in [4.78, 5) is 24.5. The summed E-state index contributed by atoms with van der Waals surface area (Å²) in [5.41, 5.74) is 2.37. The van der Waals surface area contributed by atoms with Crippen molar-refractivity contribution in [3.8, 4) is 0 Å². The van der Waals surface area contributed by atoms with Crippen LogP contribution in [0.1, 0.15) is 37.8 Å². The van der Waals surface area contributed by atoms with Crippen molar-refractivity contribution in [1.29, 1.82) is 0 Å². The molecule has 0 bridgehead atoms. The van der Waals surface area contributed by atoms with E-state index in [1.807, 2.05) is 39.0 Å². The molecule has 0 saturated heterocycles. The number of rotatable bonds is 5. The number of carbonyl (C=O) groups excluding carboxylic acids is 2. The molecule has 0 atom stereocenters. The maximum atomic E-state index is 12.6. The Morgan fingerprint density at radius 2 is 1.71 bits per heavy atom. The van der Waals surface area contributed by atoms with E-state index in [2.05, 4.69) is 16.0 Å². The van der Waals surface area contributed by atoms with Crippen LogP contribution in [0.2, 0.25) is 10.0 Å². The largest absolute Gasteiger partial charge is 0.329 e. The zero-order valence-electron chi connectivity index (χ0n) is 16.0. The van der Waals surface area contributed by atoms with Crippen LogP contribution in [0.25, 0.3) is 0 Å². The molecule has 2 aromatic rings. The lowest BCUT2D eigenvalue weighted by Gasteiger charge is -2.27. The van der Waals surface area contributed by atoms with Crippen molar-refractivity contribution >= 4 is 46.5 Å². The molecule has 7 heteroatoms. The Morgan fingerprint density at radius 1 is 1.00 bits per heavy atom. The minimum absolute atomic E-state index is 0.0278. The number of hydrogen-bond acceptors (Lipinski definition) is 2. The minimum Gasteiger partial charge on any atom is -0.329 e. The van der Waals surface area contributed by atoms with Crippen molar-refractivity contribution in [3.63, 3.8) is 0 Å². The quantitative estimate of drug-likeness (QED) is 0.580. The van der Waals surface area contributed by atoms with E-state index in [-0.39, 0.29) is 17.9 Å². The first-order valence-electron chi connectivity index (χ1n) is 9.12. The van der Waals surface area contributed by atoms with Crippen LogP contribution in [0.15, 0.2) is 36.4 Å². The number of halogens is 2. The van der Waals surface area contributed by atoms with E-state index >= 15 is 0 Å². The number of amides is 3. The molecule has 5 nitrogen and oxygen atoms in total. The third-order valence-corrected chi connectivity index (χ3v) is 5.51. The van der Waals surface area contributed by atoms with Gasteiger partial charge in [0.15, 0.2) is 0 Å². The molecule has 0 radical (unpaired) electrons. The zero-order chi connectivity index (χ0) is 20.5. The van der Waals surface area contributed by atoms with Crippen molar-refractivity contribution in [2.75, 3.05) is 10.6 Å². The zero-order valence-corrected chi connectivity index (χ0v) is 17.5. The monoisotopic (exact) mass is 419 g/mol. The Bertz CT molecular complexity index is 924. The summed E-state index contributed by atoms with van der Waals surface area (Å²) in [6.07, 6.45) is 1.88. The van der Waals surface area contributed by atoms with Gasteiger partial charge in [0.1, 0.15) is 0 Å². The third kappa shape index (κ3) is 4.97. The molecule has 1 aliphatic carbocycles. The number of anilines is 2. The lowest BCUT2D eigenvalue weighted by molar-refractivity contribution is -0.117. The fourth-order valence-electron chi connectivity index (χ4n) is 2.82. The summed E-state index contributed by atoms with van der Waals surface area (Å²) in [5, 5.41) is 9.60.